The highest BCUT2D eigenvalue weighted by atomic mass is 16.3. The predicted molar refractivity (Wildman–Crippen MR) is 98.5 cm³/mol. The molecule has 1 aliphatic carbocycles. The van der Waals surface area contributed by atoms with E-state index in [1.807, 2.05) is 12.1 Å². The Morgan fingerprint density at radius 1 is 1.17 bits per heavy atom. The summed E-state index contributed by atoms with van der Waals surface area (Å²) in [7, 11) is 0. The molecule has 2 unspecified atom stereocenters. The van der Waals surface area contributed by atoms with E-state index < -0.39 is 0 Å². The first kappa shape index (κ1) is 15.7. The first-order valence-electron chi connectivity index (χ1n) is 9.18. The van der Waals surface area contributed by atoms with Crippen molar-refractivity contribution in [1.82, 2.24) is 4.90 Å². The van der Waals surface area contributed by atoms with Gasteiger partial charge in [-0.1, -0.05) is 50.2 Å². The van der Waals surface area contributed by atoms with Crippen LogP contribution in [0.15, 0.2) is 48.5 Å². The van der Waals surface area contributed by atoms with E-state index in [4.69, 9.17) is 0 Å². The zero-order valence-electron chi connectivity index (χ0n) is 14.7. The van der Waals surface area contributed by atoms with E-state index in [2.05, 4.69) is 55.1 Å². The van der Waals surface area contributed by atoms with Crippen molar-refractivity contribution in [3.63, 3.8) is 0 Å². The van der Waals surface area contributed by atoms with E-state index in [-0.39, 0.29) is 5.41 Å². The van der Waals surface area contributed by atoms with Crippen LogP contribution in [0.25, 0.3) is 0 Å². The highest BCUT2D eigenvalue weighted by molar-refractivity contribution is 5.44. The number of phenols is 1. The maximum absolute atomic E-state index is 9.94. The molecule has 0 amide bonds. The molecule has 0 radical (unpaired) electrons. The normalized spacial score (nSPS) is 29.2. The second-order valence-corrected chi connectivity index (χ2v) is 7.84. The fourth-order valence-corrected chi connectivity index (χ4v) is 4.89. The second-order valence-electron chi connectivity index (χ2n) is 7.84. The number of benzene rings is 2. The molecular formula is C22H27NO. The molecule has 0 saturated carbocycles. The molecule has 126 valence electrons. The summed E-state index contributed by atoms with van der Waals surface area (Å²) in [5.41, 5.74) is 4.44. The Morgan fingerprint density at radius 3 is 2.75 bits per heavy atom. The monoisotopic (exact) mass is 321 g/mol. The average molecular weight is 321 g/mol. The molecule has 2 nitrogen and oxygen atoms in total. The van der Waals surface area contributed by atoms with Gasteiger partial charge in [-0.3, -0.25) is 4.90 Å². The summed E-state index contributed by atoms with van der Waals surface area (Å²) in [5, 5.41) is 9.94. The molecule has 0 aromatic heterocycles. The third kappa shape index (κ3) is 2.53. The van der Waals surface area contributed by atoms with Gasteiger partial charge in [-0.2, -0.15) is 0 Å². The van der Waals surface area contributed by atoms with Crippen molar-refractivity contribution in [2.75, 3.05) is 13.1 Å². The standard InChI is InChI=1S/C22H27NO/c1-16-21-14-18-8-9-19(24)15-20(18)22(16,2)11-13-23(21)12-10-17-6-4-3-5-7-17/h3-9,15-16,21,24H,10-14H2,1-2H3/t16?,21-,22?/m0/s1. The minimum atomic E-state index is 0.195. The van der Waals surface area contributed by atoms with Crippen LogP contribution in [-0.4, -0.2) is 29.1 Å². The summed E-state index contributed by atoms with van der Waals surface area (Å²) >= 11 is 0. The number of hydrogen-bond donors (Lipinski definition) is 1. The second kappa shape index (κ2) is 5.93. The van der Waals surface area contributed by atoms with Gasteiger partial charge in [0.2, 0.25) is 0 Å². The molecule has 2 aliphatic rings. The number of likely N-dealkylation sites (tertiary alicyclic amines) is 1. The molecule has 1 saturated heterocycles. The zero-order chi connectivity index (χ0) is 16.7. The number of fused-ring (bicyclic) bond motifs is 4. The summed E-state index contributed by atoms with van der Waals surface area (Å²) in [6.45, 7) is 7.11. The molecule has 24 heavy (non-hydrogen) atoms. The van der Waals surface area contributed by atoms with Gasteiger partial charge >= 0.3 is 0 Å². The topological polar surface area (TPSA) is 23.5 Å². The largest absolute Gasteiger partial charge is 0.508 e. The predicted octanol–water partition coefficient (Wildman–Crippen LogP) is 4.16. The van der Waals surface area contributed by atoms with Crippen LogP contribution in [0.1, 0.15) is 37.0 Å². The quantitative estimate of drug-likeness (QED) is 0.917. The van der Waals surface area contributed by atoms with Crippen LogP contribution in [-0.2, 0) is 18.3 Å². The summed E-state index contributed by atoms with van der Waals surface area (Å²) in [6, 6.07) is 17.4. The van der Waals surface area contributed by atoms with Gasteiger partial charge in [-0.25, -0.2) is 0 Å². The van der Waals surface area contributed by atoms with Gasteiger partial charge in [-0.05, 0) is 66.0 Å². The molecule has 0 spiro atoms. The first-order chi connectivity index (χ1) is 11.6. The maximum atomic E-state index is 9.94. The molecule has 2 aromatic rings. The van der Waals surface area contributed by atoms with Crippen molar-refractivity contribution in [3.05, 3.63) is 65.2 Å². The van der Waals surface area contributed by atoms with Crippen molar-refractivity contribution < 1.29 is 5.11 Å². The number of rotatable bonds is 3. The van der Waals surface area contributed by atoms with Crippen LogP contribution in [0, 0.1) is 5.92 Å². The molecule has 1 heterocycles. The van der Waals surface area contributed by atoms with Crippen LogP contribution in [0.3, 0.4) is 0 Å². The first-order valence-corrected chi connectivity index (χ1v) is 9.18. The van der Waals surface area contributed by atoms with Crippen molar-refractivity contribution in [2.24, 2.45) is 5.92 Å². The fourth-order valence-electron chi connectivity index (χ4n) is 4.89. The lowest BCUT2D eigenvalue weighted by Crippen LogP contribution is -2.58. The Balaban J connectivity index is 1.57. The van der Waals surface area contributed by atoms with Gasteiger partial charge in [0.15, 0.2) is 0 Å². The minimum absolute atomic E-state index is 0.195. The Kier molecular flexibility index (Phi) is 3.88. The smallest absolute Gasteiger partial charge is 0.115 e. The lowest BCUT2D eigenvalue weighted by Gasteiger charge is -2.54. The zero-order valence-corrected chi connectivity index (χ0v) is 14.7. The van der Waals surface area contributed by atoms with Gasteiger partial charge in [0, 0.05) is 12.6 Å². The average Bonchev–Trinajstić information content (AvgIpc) is 2.59. The molecule has 1 fully saturated rings. The SMILES string of the molecule is CC1[C@@H]2Cc3ccc(O)cc3C1(C)CCN2CCc1ccccc1. The minimum Gasteiger partial charge on any atom is -0.508 e. The van der Waals surface area contributed by atoms with Crippen LogP contribution in [0.2, 0.25) is 0 Å². The van der Waals surface area contributed by atoms with Crippen LogP contribution >= 0.6 is 0 Å². The molecule has 2 heteroatoms. The lowest BCUT2D eigenvalue weighted by atomic mass is 9.59. The Hall–Kier alpha value is -1.80. The van der Waals surface area contributed by atoms with Crippen molar-refractivity contribution in [3.8, 4) is 5.75 Å². The Labute approximate surface area is 145 Å². The number of piperidine rings is 1. The van der Waals surface area contributed by atoms with Gasteiger partial charge < -0.3 is 5.11 Å². The van der Waals surface area contributed by atoms with Gasteiger partial charge in [0.05, 0.1) is 0 Å². The summed E-state index contributed by atoms with van der Waals surface area (Å²) in [6.07, 6.45) is 3.42. The van der Waals surface area contributed by atoms with Crippen molar-refractivity contribution in [1.29, 1.82) is 0 Å². The Bertz CT molecular complexity index is 726. The number of hydrogen-bond acceptors (Lipinski definition) is 2. The van der Waals surface area contributed by atoms with Crippen molar-refractivity contribution in [2.45, 2.75) is 44.6 Å². The Morgan fingerprint density at radius 2 is 1.96 bits per heavy atom. The molecule has 1 aliphatic heterocycles. The molecule has 4 rings (SSSR count). The third-order valence-electron chi connectivity index (χ3n) is 6.64. The van der Waals surface area contributed by atoms with E-state index in [1.54, 1.807) is 0 Å². The van der Waals surface area contributed by atoms with Crippen LogP contribution in [0.4, 0.5) is 0 Å². The van der Waals surface area contributed by atoms with E-state index in [0.29, 0.717) is 17.7 Å². The molecule has 2 aromatic carbocycles. The molecular weight excluding hydrogens is 294 g/mol. The molecule has 3 atom stereocenters. The van der Waals surface area contributed by atoms with Gasteiger partial charge in [-0.15, -0.1) is 0 Å². The molecule has 1 N–H and O–H groups in total. The summed E-state index contributed by atoms with van der Waals surface area (Å²) in [4.78, 5) is 2.70. The number of nitrogens with zero attached hydrogens (tertiary/aromatic N) is 1. The fraction of sp³-hybridized carbons (Fsp3) is 0.455. The third-order valence-corrected chi connectivity index (χ3v) is 6.64. The van der Waals surface area contributed by atoms with Crippen LogP contribution < -0.4 is 0 Å². The molecule has 2 bridgehead atoms. The summed E-state index contributed by atoms with van der Waals surface area (Å²) in [5.74, 6) is 1.03. The number of phenolic OH excluding ortho intramolecular Hbond substituents is 1. The number of aromatic hydroxyl groups is 1. The van der Waals surface area contributed by atoms with Crippen LogP contribution in [0.5, 0.6) is 5.75 Å². The highest BCUT2D eigenvalue weighted by Gasteiger charge is 2.48. The van der Waals surface area contributed by atoms with E-state index >= 15 is 0 Å². The highest BCUT2D eigenvalue weighted by Crippen LogP contribution is 2.49. The maximum Gasteiger partial charge on any atom is 0.115 e. The van der Waals surface area contributed by atoms with Crippen molar-refractivity contribution >= 4 is 0 Å². The van der Waals surface area contributed by atoms with E-state index in [9.17, 15) is 5.11 Å². The van der Waals surface area contributed by atoms with Gasteiger partial charge in [0.25, 0.3) is 0 Å². The van der Waals surface area contributed by atoms with Gasteiger partial charge in [0.1, 0.15) is 5.75 Å². The van der Waals surface area contributed by atoms with E-state index in [1.165, 1.54) is 23.1 Å². The summed E-state index contributed by atoms with van der Waals surface area (Å²) < 4.78 is 0. The lowest BCUT2D eigenvalue weighted by molar-refractivity contribution is 0.0322. The van der Waals surface area contributed by atoms with E-state index in [0.717, 1.165) is 25.9 Å².